The smallest absolute Gasteiger partial charge is 0.258 e. The van der Waals surface area contributed by atoms with Crippen molar-refractivity contribution in [3.63, 3.8) is 0 Å². The summed E-state index contributed by atoms with van der Waals surface area (Å²) in [7, 11) is 0. The van der Waals surface area contributed by atoms with Gasteiger partial charge in [0.05, 0.1) is 11.3 Å². The number of nitrogens with two attached hydrogens (primary N) is 1. The summed E-state index contributed by atoms with van der Waals surface area (Å²) in [4.78, 5) is 16.0. The van der Waals surface area contributed by atoms with E-state index < -0.39 is 11.7 Å². The predicted octanol–water partition coefficient (Wildman–Crippen LogP) is 3.13. The van der Waals surface area contributed by atoms with Crippen molar-refractivity contribution in [2.24, 2.45) is 0 Å². The molecule has 19 heavy (non-hydrogen) atoms. The van der Waals surface area contributed by atoms with E-state index in [1.165, 1.54) is 12.1 Å². The van der Waals surface area contributed by atoms with Crippen LogP contribution in [0.3, 0.4) is 0 Å². The van der Waals surface area contributed by atoms with Gasteiger partial charge in [0.25, 0.3) is 5.91 Å². The molecule has 6 heteroatoms. The fraction of sp³-hybridized carbons (Fsp3) is 0.0769. The summed E-state index contributed by atoms with van der Waals surface area (Å²) in [6.45, 7) is 1.56. The van der Waals surface area contributed by atoms with Gasteiger partial charge in [-0.05, 0) is 52.7 Å². The summed E-state index contributed by atoms with van der Waals surface area (Å²) < 4.78 is 14.4. The predicted molar refractivity (Wildman–Crippen MR) is 75.4 cm³/mol. The highest BCUT2D eigenvalue weighted by atomic mass is 79.9. The lowest BCUT2D eigenvalue weighted by atomic mass is 10.1. The van der Waals surface area contributed by atoms with Crippen LogP contribution in [0.1, 0.15) is 15.9 Å². The number of amides is 1. The molecule has 0 radical (unpaired) electrons. The van der Waals surface area contributed by atoms with Crippen molar-refractivity contribution in [3.8, 4) is 0 Å². The van der Waals surface area contributed by atoms with E-state index in [4.69, 9.17) is 5.73 Å². The maximum atomic E-state index is 13.9. The number of aryl methyl sites for hydroxylation is 1. The van der Waals surface area contributed by atoms with Crippen molar-refractivity contribution in [1.29, 1.82) is 0 Å². The van der Waals surface area contributed by atoms with Gasteiger partial charge in [-0.1, -0.05) is 0 Å². The largest absolute Gasteiger partial charge is 0.399 e. The van der Waals surface area contributed by atoms with E-state index in [1.54, 1.807) is 25.3 Å². The van der Waals surface area contributed by atoms with Crippen molar-refractivity contribution >= 4 is 33.2 Å². The molecule has 0 aliphatic rings. The van der Waals surface area contributed by atoms with Crippen LogP contribution in [0, 0.1) is 12.7 Å². The highest BCUT2D eigenvalue weighted by Crippen LogP contribution is 2.22. The highest BCUT2D eigenvalue weighted by Gasteiger charge is 2.15. The number of benzene rings is 1. The Morgan fingerprint density at radius 2 is 2.21 bits per heavy atom. The Morgan fingerprint density at radius 3 is 2.89 bits per heavy atom. The Balaban J connectivity index is 2.33. The molecule has 3 N–H and O–H groups in total. The average Bonchev–Trinajstić information content (AvgIpc) is 2.36. The summed E-state index contributed by atoms with van der Waals surface area (Å²) in [6, 6.07) is 6.11. The third kappa shape index (κ3) is 2.90. The average molecular weight is 324 g/mol. The van der Waals surface area contributed by atoms with Crippen LogP contribution in [0.5, 0.6) is 0 Å². The number of hydrogen-bond acceptors (Lipinski definition) is 3. The normalized spacial score (nSPS) is 10.3. The molecular weight excluding hydrogens is 313 g/mol. The Hall–Kier alpha value is -1.95. The molecule has 0 aliphatic heterocycles. The van der Waals surface area contributed by atoms with Crippen molar-refractivity contribution in [3.05, 3.63) is 52.0 Å². The summed E-state index contributed by atoms with van der Waals surface area (Å²) in [5.74, 6) is -1.15. The first-order valence-corrected chi connectivity index (χ1v) is 6.26. The number of nitrogens with one attached hydrogen (secondary N) is 1. The number of rotatable bonds is 2. The lowest BCUT2D eigenvalue weighted by Gasteiger charge is -2.09. The molecule has 0 fully saturated rings. The molecule has 0 spiro atoms. The van der Waals surface area contributed by atoms with Gasteiger partial charge in [-0.15, -0.1) is 0 Å². The quantitative estimate of drug-likeness (QED) is 0.659. The van der Waals surface area contributed by atoms with Gasteiger partial charge in [0, 0.05) is 11.9 Å². The van der Waals surface area contributed by atoms with Crippen LogP contribution in [0.15, 0.2) is 35.1 Å². The first kappa shape index (κ1) is 13.5. The number of nitrogens with zero attached hydrogens (tertiary/aromatic N) is 1. The summed E-state index contributed by atoms with van der Waals surface area (Å²) in [5, 5.41) is 2.58. The van der Waals surface area contributed by atoms with E-state index in [-0.39, 0.29) is 5.56 Å². The fourth-order valence-electron chi connectivity index (χ4n) is 1.63. The number of hydrogen-bond donors (Lipinski definition) is 2. The monoisotopic (exact) mass is 323 g/mol. The third-order valence-electron chi connectivity index (χ3n) is 2.53. The van der Waals surface area contributed by atoms with E-state index in [9.17, 15) is 9.18 Å². The molecule has 0 aliphatic carbocycles. The Kier molecular flexibility index (Phi) is 3.80. The Morgan fingerprint density at radius 1 is 1.47 bits per heavy atom. The minimum atomic E-state index is -0.577. The van der Waals surface area contributed by atoms with Gasteiger partial charge in [0.15, 0.2) is 0 Å². The van der Waals surface area contributed by atoms with Crippen LogP contribution in [0.25, 0.3) is 0 Å². The molecular formula is C13H11BrFN3O. The first-order valence-electron chi connectivity index (χ1n) is 5.46. The van der Waals surface area contributed by atoms with Gasteiger partial charge < -0.3 is 11.1 Å². The van der Waals surface area contributed by atoms with Gasteiger partial charge in [-0.25, -0.2) is 9.37 Å². The topological polar surface area (TPSA) is 68.0 Å². The fourth-order valence-corrected chi connectivity index (χ4v) is 1.98. The third-order valence-corrected chi connectivity index (χ3v) is 3.16. The van der Waals surface area contributed by atoms with Gasteiger partial charge in [-0.2, -0.15) is 0 Å². The number of carbonyl (C=O) groups excluding carboxylic acids is 1. The SMILES string of the molecule is Cc1cc(N)cc(C(=O)Nc2cccnc2Br)c1F. The van der Waals surface area contributed by atoms with Crippen molar-refractivity contribution < 1.29 is 9.18 Å². The molecule has 1 aromatic heterocycles. The van der Waals surface area contributed by atoms with Crippen LogP contribution in [0.4, 0.5) is 15.8 Å². The van der Waals surface area contributed by atoms with E-state index in [0.29, 0.717) is 21.5 Å². The number of nitrogen functional groups attached to an aromatic ring is 1. The van der Waals surface area contributed by atoms with E-state index in [1.807, 2.05) is 0 Å². The maximum absolute atomic E-state index is 13.9. The number of pyridine rings is 1. The van der Waals surface area contributed by atoms with Crippen LogP contribution in [-0.4, -0.2) is 10.9 Å². The molecule has 0 saturated heterocycles. The van der Waals surface area contributed by atoms with E-state index in [0.717, 1.165) is 0 Å². The zero-order valence-corrected chi connectivity index (χ0v) is 11.7. The van der Waals surface area contributed by atoms with Crippen molar-refractivity contribution in [2.75, 3.05) is 11.1 Å². The standard InChI is InChI=1S/C13H11BrFN3O/c1-7-5-8(16)6-9(11(7)15)13(19)18-10-3-2-4-17-12(10)14/h2-6H,16H2,1H3,(H,18,19). The minimum absolute atomic E-state index is 0.0896. The molecule has 0 bridgehead atoms. The lowest BCUT2D eigenvalue weighted by molar-refractivity contribution is 0.102. The Labute approximate surface area is 118 Å². The number of aromatic nitrogens is 1. The molecule has 98 valence electrons. The van der Waals surface area contributed by atoms with Crippen LogP contribution in [-0.2, 0) is 0 Å². The molecule has 4 nitrogen and oxygen atoms in total. The van der Waals surface area contributed by atoms with Crippen LogP contribution in [0.2, 0.25) is 0 Å². The summed E-state index contributed by atoms with van der Waals surface area (Å²) in [6.07, 6.45) is 1.57. The highest BCUT2D eigenvalue weighted by molar-refractivity contribution is 9.10. The van der Waals surface area contributed by atoms with Gasteiger partial charge in [0.1, 0.15) is 10.4 Å². The van der Waals surface area contributed by atoms with Crippen LogP contribution >= 0.6 is 15.9 Å². The lowest BCUT2D eigenvalue weighted by Crippen LogP contribution is -2.15. The second kappa shape index (κ2) is 5.36. The number of carbonyl (C=O) groups is 1. The van der Waals surface area contributed by atoms with Gasteiger partial charge in [-0.3, -0.25) is 4.79 Å². The minimum Gasteiger partial charge on any atom is -0.399 e. The first-order chi connectivity index (χ1) is 8.99. The number of anilines is 2. The van der Waals surface area contributed by atoms with Gasteiger partial charge >= 0.3 is 0 Å². The zero-order chi connectivity index (χ0) is 14.0. The second-order valence-corrected chi connectivity index (χ2v) is 4.75. The molecule has 1 amide bonds. The molecule has 2 rings (SSSR count). The zero-order valence-electron chi connectivity index (χ0n) is 10.1. The molecule has 2 aromatic rings. The number of halogens is 2. The van der Waals surface area contributed by atoms with Crippen LogP contribution < -0.4 is 11.1 Å². The van der Waals surface area contributed by atoms with E-state index in [2.05, 4.69) is 26.2 Å². The molecule has 0 atom stereocenters. The maximum Gasteiger partial charge on any atom is 0.258 e. The molecule has 1 aromatic carbocycles. The summed E-state index contributed by atoms with van der Waals surface area (Å²) >= 11 is 3.20. The molecule has 1 heterocycles. The summed E-state index contributed by atoms with van der Waals surface area (Å²) in [5.41, 5.74) is 6.67. The second-order valence-electron chi connectivity index (χ2n) is 4.00. The van der Waals surface area contributed by atoms with Crippen molar-refractivity contribution in [2.45, 2.75) is 6.92 Å². The van der Waals surface area contributed by atoms with E-state index >= 15 is 0 Å². The molecule has 0 unspecified atom stereocenters. The van der Waals surface area contributed by atoms with Gasteiger partial charge in [0.2, 0.25) is 0 Å². The molecule has 0 saturated carbocycles. The van der Waals surface area contributed by atoms with Crippen molar-refractivity contribution in [1.82, 2.24) is 4.98 Å². The Bertz CT molecular complexity index is 646.